The Morgan fingerprint density at radius 2 is 1.21 bits per heavy atom. The molecule has 0 saturated heterocycles. The zero-order valence-electron chi connectivity index (χ0n) is 13.2. The molecule has 0 saturated carbocycles. The number of carbonyl (C=O) groups is 2. The normalized spacial score (nSPS) is 11.2. The fourth-order valence-electron chi connectivity index (χ4n) is 3.08. The van der Waals surface area contributed by atoms with Gasteiger partial charge in [-0.3, -0.25) is 9.59 Å². The van der Waals surface area contributed by atoms with Crippen molar-refractivity contribution >= 4 is 34.6 Å². The molecule has 6 heteroatoms. The molecule has 0 atom stereocenters. The molecular weight excluding hydrogens is 304 g/mol. The molecule has 4 rings (SSSR count). The van der Waals surface area contributed by atoms with Crippen LogP contribution in [0.4, 0.5) is 0 Å². The van der Waals surface area contributed by atoms with Crippen LogP contribution in [0, 0.1) is 0 Å². The van der Waals surface area contributed by atoms with Gasteiger partial charge >= 0.3 is 0 Å². The number of aldehydes is 2. The number of aromatic nitrogens is 4. The molecule has 24 heavy (non-hydrogen) atoms. The molecule has 0 fully saturated rings. The van der Waals surface area contributed by atoms with Crippen LogP contribution in [0.25, 0.3) is 33.2 Å². The first-order valence-corrected chi connectivity index (χ1v) is 7.43. The number of hydrogen-bond donors (Lipinski definition) is 0. The highest BCUT2D eigenvalue weighted by Crippen LogP contribution is 2.28. The van der Waals surface area contributed by atoms with Crippen molar-refractivity contribution in [2.24, 2.45) is 14.1 Å². The molecule has 6 nitrogen and oxygen atoms in total. The summed E-state index contributed by atoms with van der Waals surface area (Å²) in [5, 5.41) is 1.60. The summed E-state index contributed by atoms with van der Waals surface area (Å²) in [6, 6.07) is 3.86. The second-order valence-corrected chi connectivity index (χ2v) is 5.82. The number of hydrogen-bond acceptors (Lipinski definition) is 4. The van der Waals surface area contributed by atoms with Crippen LogP contribution in [-0.2, 0) is 14.1 Å². The SMILES string of the molecule is Cn1cc(C=O)c2cc(-c3cnc4c(c3)c(C=O)cn4C)cnc21. The third-order valence-corrected chi connectivity index (χ3v) is 4.28. The van der Waals surface area contributed by atoms with E-state index in [2.05, 4.69) is 9.97 Å². The van der Waals surface area contributed by atoms with E-state index in [0.717, 1.165) is 45.8 Å². The predicted octanol–water partition coefficient (Wildman–Crippen LogP) is 2.75. The molecule has 4 heterocycles. The molecule has 0 unspecified atom stereocenters. The van der Waals surface area contributed by atoms with Crippen molar-refractivity contribution < 1.29 is 9.59 Å². The van der Waals surface area contributed by atoms with E-state index in [0.29, 0.717) is 11.1 Å². The minimum atomic E-state index is 0.601. The quantitative estimate of drug-likeness (QED) is 0.545. The summed E-state index contributed by atoms with van der Waals surface area (Å²) in [4.78, 5) is 31.4. The van der Waals surface area contributed by atoms with Gasteiger partial charge in [-0.25, -0.2) is 9.97 Å². The highest BCUT2D eigenvalue weighted by molar-refractivity contribution is 6.00. The van der Waals surface area contributed by atoms with Gasteiger partial charge in [0.05, 0.1) is 0 Å². The predicted molar refractivity (Wildman–Crippen MR) is 91.2 cm³/mol. The maximum Gasteiger partial charge on any atom is 0.152 e. The van der Waals surface area contributed by atoms with Crippen molar-refractivity contribution in [3.05, 3.63) is 48.0 Å². The van der Waals surface area contributed by atoms with Crippen LogP contribution in [0.15, 0.2) is 36.9 Å². The smallest absolute Gasteiger partial charge is 0.152 e. The standard InChI is InChI=1S/C18H14N4O2/c1-21-7-13(9-23)15-3-11(5-19-17(15)21)12-4-16-14(10-24)8-22(2)18(16)20-6-12/h3-10H,1-2H3. The van der Waals surface area contributed by atoms with Gasteiger partial charge < -0.3 is 9.13 Å². The van der Waals surface area contributed by atoms with Crippen molar-refractivity contribution in [2.75, 3.05) is 0 Å². The Balaban J connectivity index is 1.95. The Kier molecular flexibility index (Phi) is 3.06. The first-order chi connectivity index (χ1) is 11.6. The van der Waals surface area contributed by atoms with E-state index in [1.54, 1.807) is 24.8 Å². The van der Waals surface area contributed by atoms with E-state index in [9.17, 15) is 9.59 Å². The number of rotatable bonds is 3. The summed E-state index contributed by atoms with van der Waals surface area (Å²) in [6.45, 7) is 0. The molecule has 4 aromatic rings. The van der Waals surface area contributed by atoms with Crippen LogP contribution in [0.3, 0.4) is 0 Å². The van der Waals surface area contributed by atoms with Crippen LogP contribution in [0.5, 0.6) is 0 Å². The van der Waals surface area contributed by atoms with Gasteiger partial charge in [-0.2, -0.15) is 0 Å². The van der Waals surface area contributed by atoms with E-state index >= 15 is 0 Å². The van der Waals surface area contributed by atoms with Crippen LogP contribution >= 0.6 is 0 Å². The molecule has 0 N–H and O–H groups in total. The van der Waals surface area contributed by atoms with Gasteiger partial charge in [0.1, 0.15) is 11.3 Å². The van der Waals surface area contributed by atoms with Gasteiger partial charge in [-0.1, -0.05) is 0 Å². The van der Waals surface area contributed by atoms with Gasteiger partial charge in [0.15, 0.2) is 12.6 Å². The van der Waals surface area contributed by atoms with Gasteiger partial charge in [-0.05, 0) is 12.1 Å². The van der Waals surface area contributed by atoms with E-state index in [1.165, 1.54) is 0 Å². The first-order valence-electron chi connectivity index (χ1n) is 7.43. The largest absolute Gasteiger partial charge is 0.335 e. The van der Waals surface area contributed by atoms with Crippen molar-refractivity contribution in [1.29, 1.82) is 0 Å². The first kappa shape index (κ1) is 14.3. The van der Waals surface area contributed by atoms with Crippen molar-refractivity contribution in [3.63, 3.8) is 0 Å². The third-order valence-electron chi connectivity index (χ3n) is 4.28. The molecule has 0 spiro atoms. The molecular formula is C18H14N4O2. The highest BCUT2D eigenvalue weighted by atomic mass is 16.1. The summed E-state index contributed by atoms with van der Waals surface area (Å²) in [7, 11) is 3.71. The molecule has 0 aromatic carbocycles. The van der Waals surface area contributed by atoms with E-state index in [1.807, 2.05) is 35.4 Å². The van der Waals surface area contributed by atoms with Crippen LogP contribution in [-0.4, -0.2) is 31.7 Å². The van der Waals surface area contributed by atoms with Crippen molar-refractivity contribution in [1.82, 2.24) is 19.1 Å². The zero-order chi connectivity index (χ0) is 16.8. The second kappa shape index (κ2) is 5.13. The minimum Gasteiger partial charge on any atom is -0.335 e. The summed E-state index contributed by atoms with van der Waals surface area (Å²) in [5.74, 6) is 0. The van der Waals surface area contributed by atoms with E-state index < -0.39 is 0 Å². The number of nitrogens with zero attached hydrogens (tertiary/aromatic N) is 4. The minimum absolute atomic E-state index is 0.601. The zero-order valence-corrected chi connectivity index (χ0v) is 13.2. The number of aryl methyl sites for hydroxylation is 2. The fraction of sp³-hybridized carbons (Fsp3) is 0.111. The van der Waals surface area contributed by atoms with Gasteiger partial charge in [0, 0.05) is 71.9 Å². The molecule has 4 aromatic heterocycles. The summed E-state index contributed by atoms with van der Waals surface area (Å²) in [5.41, 5.74) is 4.42. The number of carbonyl (C=O) groups excluding carboxylic acids is 2. The maximum absolute atomic E-state index is 11.2. The van der Waals surface area contributed by atoms with Crippen LogP contribution < -0.4 is 0 Å². The van der Waals surface area contributed by atoms with Crippen LogP contribution in [0.1, 0.15) is 20.7 Å². The lowest BCUT2D eigenvalue weighted by molar-refractivity contribution is 0.111. The van der Waals surface area contributed by atoms with Gasteiger partial charge in [-0.15, -0.1) is 0 Å². The second-order valence-electron chi connectivity index (χ2n) is 5.82. The van der Waals surface area contributed by atoms with Crippen LogP contribution in [0.2, 0.25) is 0 Å². The number of pyridine rings is 2. The lowest BCUT2D eigenvalue weighted by Gasteiger charge is -2.04. The maximum atomic E-state index is 11.2. The van der Waals surface area contributed by atoms with E-state index in [-0.39, 0.29) is 0 Å². The lowest BCUT2D eigenvalue weighted by atomic mass is 10.1. The fourth-order valence-corrected chi connectivity index (χ4v) is 3.08. The molecule has 0 radical (unpaired) electrons. The third kappa shape index (κ3) is 1.96. The Bertz CT molecular complexity index is 1030. The molecule has 0 amide bonds. The molecule has 0 aliphatic rings. The Morgan fingerprint density at radius 3 is 1.58 bits per heavy atom. The molecule has 0 aliphatic carbocycles. The highest BCUT2D eigenvalue weighted by Gasteiger charge is 2.12. The molecule has 0 bridgehead atoms. The van der Waals surface area contributed by atoms with Crippen molar-refractivity contribution in [3.8, 4) is 11.1 Å². The van der Waals surface area contributed by atoms with Gasteiger partial charge in [0.25, 0.3) is 0 Å². The topological polar surface area (TPSA) is 69.8 Å². The molecule has 118 valence electrons. The lowest BCUT2D eigenvalue weighted by Crippen LogP contribution is -1.90. The average Bonchev–Trinajstić information content (AvgIpc) is 3.11. The summed E-state index contributed by atoms with van der Waals surface area (Å²) < 4.78 is 3.65. The Morgan fingerprint density at radius 1 is 0.792 bits per heavy atom. The van der Waals surface area contributed by atoms with Crippen molar-refractivity contribution in [2.45, 2.75) is 0 Å². The monoisotopic (exact) mass is 318 g/mol. The van der Waals surface area contributed by atoms with E-state index in [4.69, 9.17) is 0 Å². The number of fused-ring (bicyclic) bond motifs is 2. The molecule has 0 aliphatic heterocycles. The average molecular weight is 318 g/mol. The summed E-state index contributed by atoms with van der Waals surface area (Å²) >= 11 is 0. The summed E-state index contributed by atoms with van der Waals surface area (Å²) in [6.07, 6.45) is 8.69. The Labute approximate surface area is 137 Å². The Hall–Kier alpha value is -3.28. The van der Waals surface area contributed by atoms with Gasteiger partial charge in [0.2, 0.25) is 0 Å².